The zero-order valence-corrected chi connectivity index (χ0v) is 6.53. The summed E-state index contributed by atoms with van der Waals surface area (Å²) >= 11 is 0. The van der Waals surface area contributed by atoms with Gasteiger partial charge in [-0.25, -0.2) is 0 Å². The number of aliphatic imine (C=N–C) groups is 1. The number of nitrogens with one attached hydrogen (secondary N) is 2. The molecular weight excluding hydrogens is 158 g/mol. The molecule has 1 fully saturated rings. The van der Waals surface area contributed by atoms with Gasteiger partial charge in [0.15, 0.2) is 0 Å². The Morgan fingerprint density at radius 3 is 3.25 bits per heavy atom. The van der Waals surface area contributed by atoms with E-state index in [2.05, 4.69) is 15.6 Å². The van der Waals surface area contributed by atoms with Crippen molar-refractivity contribution < 1.29 is 9.90 Å². The van der Waals surface area contributed by atoms with Crippen molar-refractivity contribution in [3.8, 4) is 0 Å². The minimum atomic E-state index is -0.782. The Bertz CT molecular complexity index is 229. The molecule has 12 heavy (non-hydrogen) atoms. The molecule has 0 bridgehead atoms. The molecule has 0 aromatic carbocycles. The molecule has 3 unspecified atom stereocenters. The van der Waals surface area contributed by atoms with Crippen molar-refractivity contribution in [3.63, 3.8) is 0 Å². The first-order valence-corrected chi connectivity index (χ1v) is 4.01. The molecule has 5 heteroatoms. The Labute approximate surface area is 69.9 Å². The summed E-state index contributed by atoms with van der Waals surface area (Å²) in [7, 11) is 0. The number of carbonyl (C=O) groups is 1. The Morgan fingerprint density at radius 2 is 2.50 bits per heavy atom. The fourth-order valence-electron chi connectivity index (χ4n) is 1.65. The fraction of sp³-hybridized carbons (Fsp3) is 0.714. The van der Waals surface area contributed by atoms with Crippen LogP contribution in [0, 0.1) is 0 Å². The maximum atomic E-state index is 10.6. The van der Waals surface area contributed by atoms with Crippen molar-refractivity contribution in [2.45, 2.75) is 24.5 Å². The van der Waals surface area contributed by atoms with Crippen molar-refractivity contribution in [3.05, 3.63) is 0 Å². The zero-order valence-electron chi connectivity index (χ0n) is 6.53. The van der Waals surface area contributed by atoms with Gasteiger partial charge in [0.1, 0.15) is 6.04 Å². The summed E-state index contributed by atoms with van der Waals surface area (Å²) in [6.45, 7) is 0.682. The summed E-state index contributed by atoms with van der Waals surface area (Å²) in [5, 5.41) is 14.7. The molecule has 0 amide bonds. The lowest BCUT2D eigenvalue weighted by Crippen LogP contribution is -2.54. The van der Waals surface area contributed by atoms with Gasteiger partial charge in [0.2, 0.25) is 0 Å². The van der Waals surface area contributed by atoms with Crippen LogP contribution >= 0.6 is 0 Å². The van der Waals surface area contributed by atoms with Gasteiger partial charge in [0.05, 0.1) is 18.4 Å². The van der Waals surface area contributed by atoms with E-state index >= 15 is 0 Å². The second kappa shape index (κ2) is 2.75. The molecule has 0 saturated carbocycles. The van der Waals surface area contributed by atoms with Gasteiger partial charge >= 0.3 is 5.97 Å². The van der Waals surface area contributed by atoms with E-state index in [0.29, 0.717) is 19.0 Å². The van der Waals surface area contributed by atoms with Crippen molar-refractivity contribution in [2.24, 2.45) is 4.99 Å². The maximum absolute atomic E-state index is 10.6. The van der Waals surface area contributed by atoms with E-state index in [1.165, 1.54) is 0 Å². The summed E-state index contributed by atoms with van der Waals surface area (Å²) in [5.74, 6) is -0.782. The van der Waals surface area contributed by atoms with Crippen LogP contribution in [0.5, 0.6) is 0 Å². The molecule has 0 spiro atoms. The second-order valence-electron chi connectivity index (χ2n) is 3.15. The van der Waals surface area contributed by atoms with E-state index in [-0.39, 0.29) is 6.04 Å². The lowest BCUT2D eigenvalue weighted by atomic mass is 9.96. The summed E-state index contributed by atoms with van der Waals surface area (Å²) in [6.07, 6.45) is 2.25. The minimum absolute atomic E-state index is 0.146. The molecule has 2 aliphatic rings. The Kier molecular flexibility index (Phi) is 1.73. The largest absolute Gasteiger partial charge is 0.480 e. The molecule has 2 heterocycles. The molecule has 3 atom stereocenters. The molecule has 1 saturated heterocycles. The number of fused-ring (bicyclic) bond motifs is 1. The number of hydrogen-bond donors (Lipinski definition) is 3. The van der Waals surface area contributed by atoms with Crippen LogP contribution < -0.4 is 10.6 Å². The second-order valence-corrected chi connectivity index (χ2v) is 3.15. The van der Waals surface area contributed by atoms with Crippen LogP contribution in [-0.2, 0) is 4.79 Å². The highest BCUT2D eigenvalue weighted by Gasteiger charge is 2.34. The lowest BCUT2D eigenvalue weighted by molar-refractivity contribution is -0.140. The Hall–Kier alpha value is -1.10. The summed E-state index contributed by atoms with van der Waals surface area (Å²) < 4.78 is 0. The van der Waals surface area contributed by atoms with Gasteiger partial charge in [-0.1, -0.05) is 0 Å². The quantitative estimate of drug-likeness (QED) is 0.461. The van der Waals surface area contributed by atoms with Crippen LogP contribution in [0.4, 0.5) is 0 Å². The average Bonchev–Trinajstić information content (AvgIpc) is 2.49. The standard InChI is InChI=1S/C7H11N3O2/c11-7(12)5-1-4-6(2-8-5)10-3-9-4/h3-6,8H,1-2H2,(H,9,10)(H,11,12). The Balaban J connectivity index is 2.00. The van der Waals surface area contributed by atoms with Crippen LogP contribution in [0.25, 0.3) is 0 Å². The number of hydrogen-bond acceptors (Lipinski definition) is 4. The van der Waals surface area contributed by atoms with E-state index in [1.54, 1.807) is 6.34 Å². The van der Waals surface area contributed by atoms with E-state index in [0.717, 1.165) is 0 Å². The zero-order chi connectivity index (χ0) is 8.55. The number of piperidine rings is 1. The number of aliphatic carboxylic acids is 1. The Morgan fingerprint density at radius 1 is 1.67 bits per heavy atom. The number of rotatable bonds is 1. The van der Waals surface area contributed by atoms with E-state index in [4.69, 9.17) is 5.11 Å². The first-order valence-electron chi connectivity index (χ1n) is 4.01. The van der Waals surface area contributed by atoms with Crippen molar-refractivity contribution >= 4 is 12.3 Å². The number of carboxylic acid groups (broad SMARTS) is 1. The van der Waals surface area contributed by atoms with Crippen molar-refractivity contribution in [1.82, 2.24) is 10.6 Å². The third kappa shape index (κ3) is 1.16. The third-order valence-electron chi connectivity index (χ3n) is 2.38. The van der Waals surface area contributed by atoms with Gasteiger partial charge in [-0.2, -0.15) is 0 Å². The topological polar surface area (TPSA) is 73.7 Å². The average molecular weight is 169 g/mol. The molecule has 2 rings (SSSR count). The molecular formula is C7H11N3O2. The van der Waals surface area contributed by atoms with E-state index in [9.17, 15) is 4.79 Å². The molecule has 0 aromatic rings. The molecule has 5 nitrogen and oxygen atoms in total. The molecule has 0 aromatic heterocycles. The summed E-state index contributed by atoms with van der Waals surface area (Å²) in [6, 6.07) is 0.0104. The van der Waals surface area contributed by atoms with Gasteiger partial charge in [-0.05, 0) is 6.42 Å². The molecule has 0 radical (unpaired) electrons. The van der Waals surface area contributed by atoms with Crippen LogP contribution in [0.3, 0.4) is 0 Å². The highest BCUT2D eigenvalue weighted by molar-refractivity contribution is 5.74. The molecule has 66 valence electrons. The normalized spacial score (nSPS) is 38.8. The third-order valence-corrected chi connectivity index (χ3v) is 2.38. The number of nitrogens with zero attached hydrogens (tertiary/aromatic N) is 1. The van der Waals surface area contributed by atoms with Gasteiger partial charge in [-0.15, -0.1) is 0 Å². The predicted octanol–water partition coefficient (Wildman–Crippen LogP) is -1.20. The van der Waals surface area contributed by atoms with Gasteiger partial charge < -0.3 is 15.7 Å². The molecule has 0 aliphatic carbocycles. The summed E-state index contributed by atoms with van der Waals surface area (Å²) in [4.78, 5) is 14.8. The van der Waals surface area contributed by atoms with E-state index in [1.807, 2.05) is 0 Å². The SMILES string of the molecule is O=C(O)C1CC2N=CNC2CN1. The van der Waals surface area contributed by atoms with Crippen LogP contribution in [0.2, 0.25) is 0 Å². The first-order chi connectivity index (χ1) is 5.77. The molecule has 2 aliphatic heterocycles. The van der Waals surface area contributed by atoms with Gasteiger partial charge in [0.25, 0.3) is 0 Å². The van der Waals surface area contributed by atoms with E-state index < -0.39 is 12.0 Å². The van der Waals surface area contributed by atoms with Crippen LogP contribution in [0.15, 0.2) is 4.99 Å². The van der Waals surface area contributed by atoms with Crippen molar-refractivity contribution in [2.75, 3.05) is 6.54 Å². The van der Waals surface area contributed by atoms with Gasteiger partial charge in [-0.3, -0.25) is 9.79 Å². The number of carboxylic acids is 1. The first kappa shape index (κ1) is 7.54. The van der Waals surface area contributed by atoms with Gasteiger partial charge in [0, 0.05) is 6.54 Å². The van der Waals surface area contributed by atoms with Crippen molar-refractivity contribution in [1.29, 1.82) is 0 Å². The smallest absolute Gasteiger partial charge is 0.320 e. The minimum Gasteiger partial charge on any atom is -0.480 e. The lowest BCUT2D eigenvalue weighted by Gasteiger charge is -2.29. The fourth-order valence-corrected chi connectivity index (χ4v) is 1.65. The van der Waals surface area contributed by atoms with Crippen LogP contribution in [0.1, 0.15) is 6.42 Å². The predicted molar refractivity (Wildman–Crippen MR) is 43.2 cm³/mol. The maximum Gasteiger partial charge on any atom is 0.320 e. The summed E-state index contributed by atoms with van der Waals surface area (Å²) in [5.41, 5.74) is 0. The van der Waals surface area contributed by atoms with Crippen LogP contribution in [-0.4, -0.2) is 42.1 Å². The highest BCUT2D eigenvalue weighted by atomic mass is 16.4. The highest BCUT2D eigenvalue weighted by Crippen LogP contribution is 2.15. The molecule has 3 N–H and O–H groups in total. The monoisotopic (exact) mass is 169 g/mol.